The number of hydrogen-bond acceptors (Lipinski definition) is 6. The van der Waals surface area contributed by atoms with Crippen LogP contribution >= 0.6 is 0 Å². The highest BCUT2D eigenvalue weighted by Gasteiger charge is 2.43. The molecule has 2 atom stereocenters. The molecular weight excluding hydrogens is 324 g/mol. The van der Waals surface area contributed by atoms with Gasteiger partial charge in [0.1, 0.15) is 17.7 Å². The lowest BCUT2D eigenvalue weighted by Gasteiger charge is -2.27. The van der Waals surface area contributed by atoms with Crippen LogP contribution in [0.3, 0.4) is 0 Å². The van der Waals surface area contributed by atoms with Crippen LogP contribution in [0.25, 0.3) is 6.08 Å². The summed E-state index contributed by atoms with van der Waals surface area (Å²) in [7, 11) is 1.29. The van der Waals surface area contributed by atoms with E-state index in [1.807, 2.05) is 6.07 Å². The number of methoxy groups -OCH3 is 1. The van der Waals surface area contributed by atoms with Gasteiger partial charge in [-0.25, -0.2) is 14.6 Å². The Bertz CT molecular complexity index is 653. The number of carbonyl (C=O) groups is 2. The molecule has 0 spiro atoms. The molecule has 0 unspecified atom stereocenters. The van der Waals surface area contributed by atoms with Crippen LogP contribution in [-0.2, 0) is 14.3 Å². The Hall–Kier alpha value is -2.57. The lowest BCUT2D eigenvalue weighted by atomic mass is 10.2. The number of pyridine rings is 1. The van der Waals surface area contributed by atoms with Crippen LogP contribution < -0.4 is 4.74 Å². The van der Waals surface area contributed by atoms with E-state index in [4.69, 9.17) is 14.2 Å². The van der Waals surface area contributed by atoms with Gasteiger partial charge in [-0.05, 0) is 32.9 Å². The number of nitrogens with zero attached hydrogens (tertiary/aromatic N) is 2. The maximum absolute atomic E-state index is 12.4. The number of ether oxygens (including phenoxy) is 3. The third-order valence-electron chi connectivity index (χ3n) is 3.66. The molecule has 7 nitrogen and oxygen atoms in total. The second-order valence-corrected chi connectivity index (χ2v) is 6.75. The van der Waals surface area contributed by atoms with E-state index < -0.39 is 29.8 Å². The van der Waals surface area contributed by atoms with Crippen LogP contribution in [0.2, 0.25) is 0 Å². The van der Waals surface area contributed by atoms with Crippen molar-refractivity contribution >= 4 is 18.1 Å². The van der Waals surface area contributed by atoms with Gasteiger partial charge in [0.25, 0.3) is 0 Å². The van der Waals surface area contributed by atoms with Gasteiger partial charge in [0.15, 0.2) is 0 Å². The minimum Gasteiger partial charge on any atom is -0.472 e. The summed E-state index contributed by atoms with van der Waals surface area (Å²) in [6.07, 6.45) is 2.59. The first-order valence-electron chi connectivity index (χ1n) is 8.06. The van der Waals surface area contributed by atoms with Gasteiger partial charge in [0, 0.05) is 18.2 Å². The summed E-state index contributed by atoms with van der Waals surface area (Å²) >= 11 is 0. The van der Waals surface area contributed by atoms with Gasteiger partial charge < -0.3 is 14.2 Å². The summed E-state index contributed by atoms with van der Waals surface area (Å²) in [6.45, 7) is 9.25. The van der Waals surface area contributed by atoms with Gasteiger partial charge in [0.2, 0.25) is 5.88 Å². The fourth-order valence-electron chi connectivity index (χ4n) is 2.58. The first-order chi connectivity index (χ1) is 11.7. The standard InChI is InChI=1S/C18H24N2O5/c1-6-12-8-7-9-19-15(12)24-13-10-14(16(21)23-5)20(11-13)17(22)25-18(2,3)4/h6-9,13-14H,1,10-11H2,2-5H3/t13-,14+/m1/s1. The normalized spacial score (nSPS) is 20.1. The van der Waals surface area contributed by atoms with Crippen molar-refractivity contribution in [3.8, 4) is 5.88 Å². The molecule has 0 aromatic carbocycles. The molecule has 7 heteroatoms. The van der Waals surface area contributed by atoms with Gasteiger partial charge >= 0.3 is 12.1 Å². The highest BCUT2D eigenvalue weighted by Crippen LogP contribution is 2.26. The Labute approximate surface area is 147 Å². The maximum Gasteiger partial charge on any atom is 0.411 e. The van der Waals surface area contributed by atoms with E-state index in [9.17, 15) is 9.59 Å². The van der Waals surface area contributed by atoms with Crippen LogP contribution in [-0.4, -0.2) is 53.3 Å². The zero-order chi connectivity index (χ0) is 18.6. The first-order valence-corrected chi connectivity index (χ1v) is 8.06. The van der Waals surface area contributed by atoms with Crippen molar-refractivity contribution in [2.45, 2.75) is 44.9 Å². The predicted octanol–water partition coefficient (Wildman–Crippen LogP) is 2.65. The second kappa shape index (κ2) is 7.55. The maximum atomic E-state index is 12.4. The number of aromatic nitrogens is 1. The molecule has 25 heavy (non-hydrogen) atoms. The molecule has 0 bridgehead atoms. The molecule has 0 N–H and O–H groups in total. The summed E-state index contributed by atoms with van der Waals surface area (Å²) < 4.78 is 16.1. The highest BCUT2D eigenvalue weighted by molar-refractivity contribution is 5.82. The van der Waals surface area contributed by atoms with Crippen molar-refractivity contribution in [3.63, 3.8) is 0 Å². The van der Waals surface area contributed by atoms with E-state index in [-0.39, 0.29) is 6.54 Å². The molecule has 0 saturated carbocycles. The van der Waals surface area contributed by atoms with Gasteiger partial charge in [-0.1, -0.05) is 12.7 Å². The number of rotatable bonds is 4. The Morgan fingerprint density at radius 2 is 2.12 bits per heavy atom. The highest BCUT2D eigenvalue weighted by atomic mass is 16.6. The average molecular weight is 348 g/mol. The number of carbonyl (C=O) groups excluding carboxylic acids is 2. The zero-order valence-electron chi connectivity index (χ0n) is 15.0. The van der Waals surface area contributed by atoms with Crippen molar-refractivity contribution in [3.05, 3.63) is 30.5 Å². The van der Waals surface area contributed by atoms with E-state index in [0.29, 0.717) is 12.3 Å². The average Bonchev–Trinajstić information content (AvgIpc) is 2.97. The summed E-state index contributed by atoms with van der Waals surface area (Å²) in [4.78, 5) is 30.0. The fraction of sp³-hybridized carbons (Fsp3) is 0.500. The number of amides is 1. The number of likely N-dealkylation sites (tertiary alicyclic amines) is 1. The molecule has 1 aliphatic rings. The lowest BCUT2D eigenvalue weighted by Crippen LogP contribution is -2.44. The van der Waals surface area contributed by atoms with Crippen molar-refractivity contribution in [1.82, 2.24) is 9.88 Å². The Balaban J connectivity index is 2.16. The largest absolute Gasteiger partial charge is 0.472 e. The van der Waals surface area contributed by atoms with Crippen LogP contribution in [0.5, 0.6) is 5.88 Å². The Kier molecular flexibility index (Phi) is 5.66. The Morgan fingerprint density at radius 1 is 1.40 bits per heavy atom. The van der Waals surface area contributed by atoms with Gasteiger partial charge in [-0.2, -0.15) is 0 Å². The quantitative estimate of drug-likeness (QED) is 0.779. The molecular formula is C18H24N2O5. The SMILES string of the molecule is C=Cc1cccnc1O[C@@H]1C[C@@H](C(=O)OC)N(C(=O)OC(C)(C)C)C1. The molecule has 2 heterocycles. The topological polar surface area (TPSA) is 78.0 Å². The van der Waals surface area contributed by atoms with E-state index in [2.05, 4.69) is 11.6 Å². The third-order valence-corrected chi connectivity index (χ3v) is 3.66. The molecule has 1 fully saturated rings. The van der Waals surface area contributed by atoms with Crippen molar-refractivity contribution in [2.75, 3.05) is 13.7 Å². The second-order valence-electron chi connectivity index (χ2n) is 6.75. The van der Waals surface area contributed by atoms with Crippen molar-refractivity contribution in [1.29, 1.82) is 0 Å². The molecule has 1 saturated heterocycles. The van der Waals surface area contributed by atoms with Gasteiger partial charge in [-0.3, -0.25) is 4.90 Å². The summed E-state index contributed by atoms with van der Waals surface area (Å²) in [5.74, 6) is -0.0842. The van der Waals surface area contributed by atoms with Crippen LogP contribution in [0.1, 0.15) is 32.8 Å². The van der Waals surface area contributed by atoms with Gasteiger partial charge in [-0.15, -0.1) is 0 Å². The zero-order valence-corrected chi connectivity index (χ0v) is 15.0. The molecule has 2 rings (SSSR count). The van der Waals surface area contributed by atoms with E-state index in [1.54, 1.807) is 39.1 Å². The van der Waals surface area contributed by atoms with Crippen molar-refractivity contribution in [2.24, 2.45) is 0 Å². The fourth-order valence-corrected chi connectivity index (χ4v) is 2.58. The number of esters is 1. The number of hydrogen-bond donors (Lipinski definition) is 0. The smallest absolute Gasteiger partial charge is 0.411 e. The van der Waals surface area contributed by atoms with Crippen LogP contribution in [0, 0.1) is 0 Å². The van der Waals surface area contributed by atoms with Crippen LogP contribution in [0.15, 0.2) is 24.9 Å². The Morgan fingerprint density at radius 3 is 2.72 bits per heavy atom. The molecule has 1 amide bonds. The molecule has 136 valence electrons. The molecule has 1 aromatic heterocycles. The van der Waals surface area contributed by atoms with Gasteiger partial charge in [0.05, 0.1) is 13.7 Å². The molecule has 1 aliphatic heterocycles. The molecule has 0 aliphatic carbocycles. The van der Waals surface area contributed by atoms with Crippen LogP contribution in [0.4, 0.5) is 4.79 Å². The lowest BCUT2D eigenvalue weighted by molar-refractivity contribution is -0.145. The van der Waals surface area contributed by atoms with E-state index in [1.165, 1.54) is 12.0 Å². The first kappa shape index (κ1) is 18.8. The van der Waals surface area contributed by atoms with E-state index in [0.717, 1.165) is 5.56 Å². The molecule has 1 aromatic rings. The minimum absolute atomic E-state index is 0.210. The van der Waals surface area contributed by atoms with Crippen molar-refractivity contribution < 1.29 is 23.8 Å². The third kappa shape index (κ3) is 4.71. The van der Waals surface area contributed by atoms with E-state index >= 15 is 0 Å². The molecule has 0 radical (unpaired) electrons. The predicted molar refractivity (Wildman–Crippen MR) is 92.1 cm³/mol. The monoisotopic (exact) mass is 348 g/mol. The summed E-state index contributed by atoms with van der Waals surface area (Å²) in [5.41, 5.74) is 0.0843. The minimum atomic E-state index is -0.749. The summed E-state index contributed by atoms with van der Waals surface area (Å²) in [6, 6.07) is 2.86. The summed E-state index contributed by atoms with van der Waals surface area (Å²) in [5, 5.41) is 0.